The quantitative estimate of drug-likeness (QED) is 0.855. The average Bonchev–Trinajstić information content (AvgIpc) is 3.04. The maximum absolute atomic E-state index is 12.0. The summed E-state index contributed by atoms with van der Waals surface area (Å²) in [6.07, 6.45) is 1.48. The lowest BCUT2D eigenvalue weighted by molar-refractivity contribution is 0.0697. The van der Waals surface area contributed by atoms with Gasteiger partial charge in [0.25, 0.3) is 5.91 Å². The fraction of sp³-hybridized carbons (Fsp3) is 0.267. The first-order valence-electron chi connectivity index (χ1n) is 6.90. The molecule has 0 spiro atoms. The summed E-state index contributed by atoms with van der Waals surface area (Å²) in [5, 5.41) is 13.8. The molecule has 0 atom stereocenters. The number of aromatic carboxylic acids is 1. The highest BCUT2D eigenvalue weighted by Crippen LogP contribution is 2.22. The lowest BCUT2D eigenvalue weighted by Crippen LogP contribution is -2.25. The third kappa shape index (κ3) is 3.43. The third-order valence-corrected chi connectivity index (χ3v) is 4.03. The van der Waals surface area contributed by atoms with E-state index in [2.05, 4.69) is 10.3 Å². The minimum absolute atomic E-state index is 0.0766. The molecular formula is C15H17N3O3S. The summed E-state index contributed by atoms with van der Waals surface area (Å²) in [5.41, 5.74) is 0.444. The fourth-order valence-corrected chi connectivity index (χ4v) is 2.68. The van der Waals surface area contributed by atoms with Crippen LogP contribution in [0.1, 0.15) is 33.9 Å². The van der Waals surface area contributed by atoms with Crippen LogP contribution < -0.4 is 10.2 Å². The first-order valence-corrected chi connectivity index (χ1v) is 7.77. The number of anilines is 2. The number of nitrogens with zero attached hydrogens (tertiary/aromatic N) is 2. The first kappa shape index (κ1) is 16.0. The number of hydrogen-bond donors (Lipinski definition) is 2. The molecule has 0 bridgehead atoms. The molecule has 0 saturated heterocycles. The zero-order valence-corrected chi connectivity index (χ0v) is 13.2. The second kappa shape index (κ2) is 7.04. The van der Waals surface area contributed by atoms with Gasteiger partial charge in [-0.05, 0) is 31.4 Å². The molecule has 2 heterocycles. The highest BCUT2D eigenvalue weighted by atomic mass is 32.1. The van der Waals surface area contributed by atoms with Gasteiger partial charge in [-0.2, -0.15) is 0 Å². The van der Waals surface area contributed by atoms with Crippen molar-refractivity contribution in [3.05, 3.63) is 40.2 Å². The number of pyridine rings is 1. The van der Waals surface area contributed by atoms with Gasteiger partial charge in [0.2, 0.25) is 0 Å². The van der Waals surface area contributed by atoms with Gasteiger partial charge in [-0.1, -0.05) is 6.07 Å². The standard InChI is InChI=1S/C15H17N3O3S/c1-3-18(4-2)13-11(15(20)21)8-10(9-16-13)17-14(19)12-6-5-7-22-12/h5-9H,3-4H2,1-2H3,(H,17,19)(H,20,21). The van der Waals surface area contributed by atoms with Crippen molar-refractivity contribution in [3.63, 3.8) is 0 Å². The van der Waals surface area contributed by atoms with Crippen LogP contribution >= 0.6 is 11.3 Å². The van der Waals surface area contributed by atoms with Gasteiger partial charge in [-0.3, -0.25) is 4.79 Å². The molecule has 2 aromatic heterocycles. The van der Waals surface area contributed by atoms with Crippen LogP contribution in [0.5, 0.6) is 0 Å². The van der Waals surface area contributed by atoms with Gasteiger partial charge in [-0.25, -0.2) is 9.78 Å². The van der Waals surface area contributed by atoms with Gasteiger partial charge in [0, 0.05) is 13.1 Å². The van der Waals surface area contributed by atoms with E-state index in [1.54, 1.807) is 17.5 Å². The van der Waals surface area contributed by atoms with E-state index in [0.717, 1.165) is 0 Å². The van der Waals surface area contributed by atoms with E-state index in [4.69, 9.17) is 0 Å². The Morgan fingerprint density at radius 2 is 2.09 bits per heavy atom. The Hall–Kier alpha value is -2.41. The van der Waals surface area contributed by atoms with Crippen molar-refractivity contribution in [2.45, 2.75) is 13.8 Å². The van der Waals surface area contributed by atoms with E-state index in [-0.39, 0.29) is 11.5 Å². The predicted molar refractivity (Wildman–Crippen MR) is 87.0 cm³/mol. The number of thiophene rings is 1. The summed E-state index contributed by atoms with van der Waals surface area (Å²) in [5.74, 6) is -0.933. The van der Waals surface area contributed by atoms with Crippen LogP contribution in [-0.4, -0.2) is 35.1 Å². The van der Waals surface area contributed by atoms with Crippen LogP contribution in [0.3, 0.4) is 0 Å². The number of amides is 1. The van der Waals surface area contributed by atoms with Crippen LogP contribution in [0.15, 0.2) is 29.8 Å². The molecule has 0 aliphatic heterocycles. The first-order chi connectivity index (χ1) is 10.6. The molecule has 0 aliphatic carbocycles. The van der Waals surface area contributed by atoms with Crippen molar-refractivity contribution in [1.29, 1.82) is 0 Å². The lowest BCUT2D eigenvalue weighted by Gasteiger charge is -2.21. The average molecular weight is 319 g/mol. The zero-order valence-electron chi connectivity index (χ0n) is 12.4. The molecule has 7 heteroatoms. The molecule has 0 fully saturated rings. The molecule has 0 radical (unpaired) electrons. The smallest absolute Gasteiger partial charge is 0.339 e. The zero-order chi connectivity index (χ0) is 16.1. The molecule has 0 aromatic carbocycles. The molecule has 2 N–H and O–H groups in total. The maximum Gasteiger partial charge on any atom is 0.339 e. The monoisotopic (exact) mass is 319 g/mol. The van der Waals surface area contributed by atoms with E-state index < -0.39 is 5.97 Å². The molecule has 2 aromatic rings. The Bertz CT molecular complexity index is 667. The topological polar surface area (TPSA) is 82.5 Å². The van der Waals surface area contributed by atoms with E-state index in [1.807, 2.05) is 18.7 Å². The van der Waals surface area contributed by atoms with Crippen molar-refractivity contribution < 1.29 is 14.7 Å². The van der Waals surface area contributed by atoms with E-state index in [0.29, 0.717) is 29.5 Å². The highest BCUT2D eigenvalue weighted by molar-refractivity contribution is 7.12. The van der Waals surface area contributed by atoms with Crippen LogP contribution in [0.2, 0.25) is 0 Å². The van der Waals surface area contributed by atoms with Gasteiger partial charge in [-0.15, -0.1) is 11.3 Å². The molecule has 116 valence electrons. The lowest BCUT2D eigenvalue weighted by atomic mass is 10.2. The van der Waals surface area contributed by atoms with Crippen molar-refractivity contribution in [2.75, 3.05) is 23.3 Å². The Kier molecular flexibility index (Phi) is 5.11. The molecule has 2 rings (SSSR count). The SMILES string of the molecule is CCN(CC)c1ncc(NC(=O)c2cccs2)cc1C(=O)O. The van der Waals surface area contributed by atoms with Gasteiger partial charge >= 0.3 is 5.97 Å². The van der Waals surface area contributed by atoms with Crippen molar-refractivity contribution in [1.82, 2.24) is 4.98 Å². The summed E-state index contributed by atoms with van der Waals surface area (Å²) in [4.78, 5) is 30.1. The van der Waals surface area contributed by atoms with Crippen molar-refractivity contribution in [3.8, 4) is 0 Å². The summed E-state index contributed by atoms with van der Waals surface area (Å²) < 4.78 is 0. The number of carboxylic acids is 1. The van der Waals surface area contributed by atoms with Gasteiger partial charge < -0.3 is 15.3 Å². The number of hydrogen-bond acceptors (Lipinski definition) is 5. The van der Waals surface area contributed by atoms with E-state index in [1.165, 1.54) is 23.6 Å². The van der Waals surface area contributed by atoms with Gasteiger partial charge in [0.1, 0.15) is 11.4 Å². The molecule has 6 nitrogen and oxygen atoms in total. The number of carboxylic acid groups (broad SMARTS) is 1. The minimum Gasteiger partial charge on any atom is -0.478 e. The normalized spacial score (nSPS) is 10.3. The molecular weight excluding hydrogens is 302 g/mol. The molecule has 1 amide bonds. The highest BCUT2D eigenvalue weighted by Gasteiger charge is 2.17. The third-order valence-electron chi connectivity index (χ3n) is 3.16. The van der Waals surface area contributed by atoms with E-state index in [9.17, 15) is 14.7 Å². The number of nitrogens with one attached hydrogen (secondary N) is 1. The second-order valence-corrected chi connectivity index (χ2v) is 5.45. The molecule has 0 aliphatic rings. The number of carbonyl (C=O) groups is 2. The summed E-state index contributed by atoms with van der Waals surface area (Å²) in [6.45, 7) is 5.18. The Balaban J connectivity index is 2.29. The number of carbonyl (C=O) groups excluding carboxylic acids is 1. The Morgan fingerprint density at radius 1 is 1.36 bits per heavy atom. The molecule has 22 heavy (non-hydrogen) atoms. The number of rotatable bonds is 6. The largest absolute Gasteiger partial charge is 0.478 e. The van der Waals surface area contributed by atoms with Crippen LogP contribution in [0.25, 0.3) is 0 Å². The molecule has 0 unspecified atom stereocenters. The summed E-state index contributed by atoms with van der Waals surface area (Å²) in [6, 6.07) is 4.92. The summed E-state index contributed by atoms with van der Waals surface area (Å²) >= 11 is 1.32. The van der Waals surface area contributed by atoms with Crippen LogP contribution in [0, 0.1) is 0 Å². The summed E-state index contributed by atoms with van der Waals surface area (Å²) in [7, 11) is 0. The Morgan fingerprint density at radius 3 is 2.64 bits per heavy atom. The predicted octanol–water partition coefficient (Wildman–Crippen LogP) is 2.94. The van der Waals surface area contributed by atoms with Crippen molar-refractivity contribution in [2.24, 2.45) is 0 Å². The fourth-order valence-electron chi connectivity index (χ4n) is 2.06. The van der Waals surface area contributed by atoms with Crippen LogP contribution in [0.4, 0.5) is 11.5 Å². The van der Waals surface area contributed by atoms with Crippen LogP contribution in [-0.2, 0) is 0 Å². The number of aromatic nitrogens is 1. The van der Waals surface area contributed by atoms with Gasteiger partial charge in [0.15, 0.2) is 0 Å². The van der Waals surface area contributed by atoms with Crippen molar-refractivity contribution >= 4 is 34.7 Å². The minimum atomic E-state index is -1.07. The van der Waals surface area contributed by atoms with E-state index >= 15 is 0 Å². The second-order valence-electron chi connectivity index (χ2n) is 4.50. The Labute approximate surface area is 132 Å². The maximum atomic E-state index is 12.0. The van der Waals surface area contributed by atoms with Gasteiger partial charge in [0.05, 0.1) is 16.8 Å². The molecule has 0 saturated carbocycles.